The Morgan fingerprint density at radius 2 is 1.58 bits per heavy atom. The number of alkyl halides is 6. The fourth-order valence-electron chi connectivity index (χ4n) is 2.72. The van der Waals surface area contributed by atoms with Gasteiger partial charge in [0.1, 0.15) is 6.54 Å². The lowest BCUT2D eigenvalue weighted by Crippen LogP contribution is -2.28. The molecule has 1 aromatic heterocycles. The van der Waals surface area contributed by atoms with E-state index in [4.69, 9.17) is 0 Å². The number of amides is 1. The number of aromatic nitrogens is 2. The van der Waals surface area contributed by atoms with Crippen molar-refractivity contribution in [1.29, 1.82) is 0 Å². The molecule has 0 fully saturated rings. The Balaban J connectivity index is 1.76. The van der Waals surface area contributed by atoms with Gasteiger partial charge >= 0.3 is 12.4 Å². The van der Waals surface area contributed by atoms with Crippen molar-refractivity contribution in [2.75, 3.05) is 5.32 Å². The van der Waals surface area contributed by atoms with E-state index in [0.717, 1.165) is 53.4 Å². The predicted molar refractivity (Wildman–Crippen MR) is 99.0 cm³/mol. The second kappa shape index (κ2) is 8.25. The van der Waals surface area contributed by atoms with Crippen LogP contribution in [0.3, 0.4) is 0 Å². The summed E-state index contributed by atoms with van der Waals surface area (Å²) in [6.07, 6.45) is -8.19. The molecule has 1 amide bonds. The number of benzene rings is 2. The minimum Gasteiger partial charge on any atom is -0.324 e. The second-order valence-electron chi connectivity index (χ2n) is 6.41. The molecule has 0 saturated heterocycles. The zero-order chi connectivity index (χ0) is 22.8. The summed E-state index contributed by atoms with van der Waals surface area (Å²) in [6.45, 7) is -0.606. The molecule has 1 heterocycles. The van der Waals surface area contributed by atoms with Crippen LogP contribution in [0.5, 0.6) is 0 Å². The number of carbonyl (C=O) groups excluding carboxylic acids is 1. The molecule has 0 radical (unpaired) electrons. The van der Waals surface area contributed by atoms with Gasteiger partial charge in [-0.15, -0.1) is 0 Å². The van der Waals surface area contributed by atoms with Crippen molar-refractivity contribution in [2.45, 2.75) is 18.9 Å². The molecular weight excluding hydrogens is 428 g/mol. The van der Waals surface area contributed by atoms with Crippen molar-refractivity contribution >= 4 is 11.6 Å². The summed E-state index contributed by atoms with van der Waals surface area (Å²) in [5.41, 5.74) is -2.72. The lowest BCUT2D eigenvalue weighted by atomic mass is 10.1. The lowest BCUT2D eigenvalue weighted by Gasteiger charge is -2.14. The third-order valence-electron chi connectivity index (χ3n) is 4.21. The lowest BCUT2D eigenvalue weighted by molar-refractivity contribution is -0.138. The fraction of sp³-hybridized carbons (Fsp3) is 0.150. The molecular formula is C20H13F6N3O2. The van der Waals surface area contributed by atoms with Crippen molar-refractivity contribution in [1.82, 2.24) is 9.55 Å². The van der Waals surface area contributed by atoms with Gasteiger partial charge in [0.2, 0.25) is 5.91 Å². The molecule has 0 aliphatic heterocycles. The monoisotopic (exact) mass is 441 g/mol. The van der Waals surface area contributed by atoms with E-state index in [1.807, 2.05) is 0 Å². The van der Waals surface area contributed by atoms with E-state index in [9.17, 15) is 35.9 Å². The maximum Gasteiger partial charge on any atom is 0.418 e. The number of nitrogens with zero attached hydrogens (tertiary/aromatic N) is 2. The summed E-state index contributed by atoms with van der Waals surface area (Å²) in [5.74, 6) is -0.886. The molecule has 0 unspecified atom stereocenters. The first-order valence-corrected chi connectivity index (χ1v) is 8.65. The first-order chi connectivity index (χ1) is 14.4. The zero-order valence-electron chi connectivity index (χ0n) is 15.5. The minimum atomic E-state index is -4.68. The highest BCUT2D eigenvalue weighted by atomic mass is 19.4. The van der Waals surface area contributed by atoms with E-state index >= 15 is 0 Å². The van der Waals surface area contributed by atoms with E-state index in [-0.39, 0.29) is 11.3 Å². The van der Waals surface area contributed by atoms with E-state index in [2.05, 4.69) is 10.3 Å². The molecule has 0 aliphatic rings. The molecule has 2 aromatic carbocycles. The van der Waals surface area contributed by atoms with Crippen LogP contribution < -0.4 is 10.9 Å². The van der Waals surface area contributed by atoms with Gasteiger partial charge < -0.3 is 5.32 Å². The quantitative estimate of drug-likeness (QED) is 0.603. The number of hydrogen-bond donors (Lipinski definition) is 1. The van der Waals surface area contributed by atoms with Crippen LogP contribution in [-0.4, -0.2) is 15.5 Å². The molecule has 0 bridgehead atoms. The smallest absolute Gasteiger partial charge is 0.324 e. The molecule has 0 spiro atoms. The van der Waals surface area contributed by atoms with Gasteiger partial charge in [0.25, 0.3) is 5.56 Å². The number of carbonyl (C=O) groups is 1. The normalized spacial score (nSPS) is 11.9. The van der Waals surface area contributed by atoms with Crippen molar-refractivity contribution in [2.24, 2.45) is 0 Å². The van der Waals surface area contributed by atoms with E-state index in [0.29, 0.717) is 0 Å². The van der Waals surface area contributed by atoms with E-state index < -0.39 is 47.2 Å². The van der Waals surface area contributed by atoms with Crippen LogP contribution in [0.4, 0.5) is 32.0 Å². The Kier molecular flexibility index (Phi) is 5.87. The summed E-state index contributed by atoms with van der Waals surface area (Å²) >= 11 is 0. The summed E-state index contributed by atoms with van der Waals surface area (Å²) in [5, 5.41) is 2.11. The standard InChI is InChI=1S/C20H13F6N3O2/c21-19(22,23)13-7-5-12(6-8-13)16-9-18(31)29(11-27-16)10-17(30)28-15-4-2-1-3-14(15)20(24,25)26/h1-9,11H,10H2,(H,28,30). The van der Waals surface area contributed by atoms with Crippen LogP contribution in [0, 0.1) is 0 Å². The van der Waals surface area contributed by atoms with Gasteiger partial charge in [0, 0.05) is 11.6 Å². The molecule has 0 atom stereocenters. The SMILES string of the molecule is O=C(Cn1cnc(-c2ccc(C(F)(F)F)cc2)cc1=O)Nc1ccccc1C(F)(F)F. The molecule has 0 saturated carbocycles. The number of rotatable bonds is 4. The molecule has 3 rings (SSSR count). The average molecular weight is 441 g/mol. The summed E-state index contributed by atoms with van der Waals surface area (Å²) in [6, 6.07) is 9.37. The first-order valence-electron chi connectivity index (χ1n) is 8.65. The predicted octanol–water partition coefficient (Wildman–Crippen LogP) is 4.59. The fourth-order valence-corrected chi connectivity index (χ4v) is 2.72. The zero-order valence-corrected chi connectivity index (χ0v) is 15.5. The van der Waals surface area contributed by atoms with Crippen LogP contribution in [0.2, 0.25) is 0 Å². The average Bonchev–Trinajstić information content (AvgIpc) is 2.68. The first kappa shape index (κ1) is 22.1. The Morgan fingerprint density at radius 1 is 0.935 bits per heavy atom. The summed E-state index contributed by atoms with van der Waals surface area (Å²) in [4.78, 5) is 28.3. The molecule has 162 valence electrons. The number of halogens is 6. The van der Waals surface area contributed by atoms with Crippen molar-refractivity contribution in [3.8, 4) is 11.3 Å². The molecule has 3 aromatic rings. The third-order valence-corrected chi connectivity index (χ3v) is 4.21. The van der Waals surface area contributed by atoms with Crippen LogP contribution >= 0.6 is 0 Å². The van der Waals surface area contributed by atoms with Crippen molar-refractivity contribution in [3.05, 3.63) is 82.4 Å². The van der Waals surface area contributed by atoms with Gasteiger partial charge in [-0.1, -0.05) is 24.3 Å². The Labute approximate surface area is 171 Å². The summed E-state index contributed by atoms with van der Waals surface area (Å²) < 4.78 is 77.8. The highest BCUT2D eigenvalue weighted by molar-refractivity contribution is 5.91. The number of nitrogens with one attached hydrogen (secondary N) is 1. The summed E-state index contributed by atoms with van der Waals surface area (Å²) in [7, 11) is 0. The van der Waals surface area contributed by atoms with Crippen LogP contribution in [0.15, 0.2) is 65.7 Å². The van der Waals surface area contributed by atoms with Crippen LogP contribution in [0.1, 0.15) is 11.1 Å². The van der Waals surface area contributed by atoms with Gasteiger partial charge in [-0.2, -0.15) is 26.3 Å². The third kappa shape index (κ3) is 5.30. The second-order valence-corrected chi connectivity index (χ2v) is 6.41. The molecule has 11 heteroatoms. The van der Waals surface area contributed by atoms with Gasteiger partial charge in [-0.25, -0.2) is 4.98 Å². The molecule has 31 heavy (non-hydrogen) atoms. The van der Waals surface area contributed by atoms with Crippen LogP contribution in [0.25, 0.3) is 11.3 Å². The van der Waals surface area contributed by atoms with Crippen molar-refractivity contribution in [3.63, 3.8) is 0 Å². The topological polar surface area (TPSA) is 64.0 Å². The number of hydrogen-bond acceptors (Lipinski definition) is 3. The highest BCUT2D eigenvalue weighted by Crippen LogP contribution is 2.34. The van der Waals surface area contributed by atoms with Gasteiger partial charge in [-0.05, 0) is 24.3 Å². The number of para-hydroxylation sites is 1. The Bertz CT molecular complexity index is 1150. The molecule has 5 nitrogen and oxygen atoms in total. The number of anilines is 1. The van der Waals surface area contributed by atoms with Gasteiger partial charge in [-0.3, -0.25) is 14.2 Å². The van der Waals surface area contributed by atoms with E-state index in [1.54, 1.807) is 0 Å². The Morgan fingerprint density at radius 3 is 2.16 bits per heavy atom. The van der Waals surface area contributed by atoms with Crippen molar-refractivity contribution < 1.29 is 31.1 Å². The maximum absolute atomic E-state index is 13.0. The molecule has 1 N–H and O–H groups in total. The molecule has 0 aliphatic carbocycles. The minimum absolute atomic E-state index is 0.0813. The maximum atomic E-state index is 13.0. The highest BCUT2D eigenvalue weighted by Gasteiger charge is 2.33. The van der Waals surface area contributed by atoms with Gasteiger partial charge in [0.05, 0.1) is 28.8 Å². The van der Waals surface area contributed by atoms with Crippen LogP contribution in [-0.2, 0) is 23.7 Å². The largest absolute Gasteiger partial charge is 0.418 e. The van der Waals surface area contributed by atoms with E-state index in [1.165, 1.54) is 12.1 Å². The van der Waals surface area contributed by atoms with Gasteiger partial charge in [0.15, 0.2) is 0 Å². The Hall–Kier alpha value is -3.63.